The lowest BCUT2D eigenvalue weighted by Gasteiger charge is -2.25. The summed E-state index contributed by atoms with van der Waals surface area (Å²) in [6.07, 6.45) is 15.9. The van der Waals surface area contributed by atoms with E-state index in [1.54, 1.807) is 0 Å². The van der Waals surface area contributed by atoms with Crippen LogP contribution < -0.4 is 0 Å². The van der Waals surface area contributed by atoms with Crippen molar-refractivity contribution in [3.05, 3.63) is 12.2 Å². The summed E-state index contributed by atoms with van der Waals surface area (Å²) in [7, 11) is 0. The van der Waals surface area contributed by atoms with Crippen molar-refractivity contribution in [1.29, 1.82) is 0 Å². The van der Waals surface area contributed by atoms with E-state index in [-0.39, 0.29) is 12.4 Å². The smallest absolute Gasteiger partial charge is 0.159 e. The first kappa shape index (κ1) is 19.2. The van der Waals surface area contributed by atoms with Crippen molar-refractivity contribution < 1.29 is 14.3 Å². The van der Waals surface area contributed by atoms with E-state index < -0.39 is 0 Å². The third-order valence-electron chi connectivity index (χ3n) is 4.88. The van der Waals surface area contributed by atoms with Gasteiger partial charge in [-0.2, -0.15) is 0 Å². The third kappa shape index (κ3) is 7.64. The fraction of sp³-hybridized carbons (Fsp3) is 0.762. The Hall–Kier alpha value is -1.11. The van der Waals surface area contributed by atoms with Gasteiger partial charge in [0.1, 0.15) is 12.4 Å². The largest absolute Gasteiger partial charge is 0.353 e. The summed E-state index contributed by atoms with van der Waals surface area (Å²) in [5.74, 6) is 7.73. The Bertz CT molecular complexity index is 440. The lowest BCUT2D eigenvalue weighted by atomic mass is 10.1. The molecule has 0 spiro atoms. The molecule has 3 nitrogen and oxygen atoms in total. The molecule has 2 unspecified atom stereocenters. The normalized spacial score (nSPS) is 27.5. The average Bonchev–Trinajstić information content (AvgIpc) is 3.34. The standard InChI is InChI=1S/C21H32O3/c1-2-3-5-11-20(24-21-13-8-9-16-23-21)12-7-4-6-10-18-17-19(18)14-15-22/h4,6,15,18-21H,2-3,5,8-11,13-14,16-17H2,1H3/b6-4-/t18-,19-,20?,21?/m1/s1. The topological polar surface area (TPSA) is 35.5 Å². The quantitative estimate of drug-likeness (QED) is 0.332. The van der Waals surface area contributed by atoms with Gasteiger partial charge in [0, 0.05) is 13.0 Å². The van der Waals surface area contributed by atoms with Crippen molar-refractivity contribution in [2.45, 2.75) is 83.5 Å². The number of carbonyl (C=O) groups excluding carboxylic acids is 1. The van der Waals surface area contributed by atoms with Crippen molar-refractivity contribution in [1.82, 2.24) is 0 Å². The summed E-state index contributed by atoms with van der Waals surface area (Å²) in [5, 5.41) is 0. The zero-order chi connectivity index (χ0) is 17.0. The molecule has 134 valence electrons. The zero-order valence-electron chi connectivity index (χ0n) is 15.0. The number of aldehydes is 1. The van der Waals surface area contributed by atoms with Crippen molar-refractivity contribution in [3.8, 4) is 11.8 Å². The molecule has 0 aromatic carbocycles. The molecule has 0 aromatic heterocycles. The molecule has 0 N–H and O–H groups in total. The predicted octanol–water partition coefficient (Wildman–Crippen LogP) is 4.65. The van der Waals surface area contributed by atoms with E-state index in [0.29, 0.717) is 11.8 Å². The fourth-order valence-corrected chi connectivity index (χ4v) is 3.21. The van der Waals surface area contributed by atoms with Gasteiger partial charge in [0.25, 0.3) is 0 Å². The van der Waals surface area contributed by atoms with E-state index in [9.17, 15) is 4.79 Å². The molecular formula is C21H32O3. The molecule has 1 heterocycles. The van der Waals surface area contributed by atoms with E-state index in [4.69, 9.17) is 9.47 Å². The van der Waals surface area contributed by atoms with Crippen LogP contribution in [0.4, 0.5) is 0 Å². The van der Waals surface area contributed by atoms with Gasteiger partial charge in [-0.3, -0.25) is 0 Å². The minimum absolute atomic E-state index is 0.0203. The van der Waals surface area contributed by atoms with E-state index in [0.717, 1.165) is 51.4 Å². The molecule has 0 bridgehead atoms. The molecule has 1 saturated carbocycles. The fourth-order valence-electron chi connectivity index (χ4n) is 3.21. The van der Waals surface area contributed by atoms with E-state index in [1.165, 1.54) is 25.7 Å². The first-order valence-electron chi connectivity index (χ1n) is 9.70. The summed E-state index contributed by atoms with van der Waals surface area (Å²) in [6, 6.07) is 0. The number of allylic oxidation sites excluding steroid dienone is 2. The van der Waals surface area contributed by atoms with Crippen LogP contribution >= 0.6 is 0 Å². The van der Waals surface area contributed by atoms with E-state index >= 15 is 0 Å². The van der Waals surface area contributed by atoms with Crippen LogP contribution in [0.1, 0.15) is 71.1 Å². The number of hydrogen-bond acceptors (Lipinski definition) is 3. The molecule has 1 saturated heterocycles. The first-order chi connectivity index (χ1) is 11.8. The number of rotatable bonds is 10. The number of carbonyl (C=O) groups is 1. The number of ether oxygens (including phenoxy) is 2. The molecule has 0 amide bonds. The minimum atomic E-state index is -0.0702. The molecule has 0 radical (unpaired) electrons. The van der Waals surface area contributed by atoms with E-state index in [2.05, 4.69) is 24.8 Å². The van der Waals surface area contributed by atoms with Crippen molar-refractivity contribution in [2.24, 2.45) is 11.8 Å². The second-order valence-corrected chi connectivity index (χ2v) is 7.00. The molecule has 1 aliphatic heterocycles. The van der Waals surface area contributed by atoms with Crippen LogP contribution in [0, 0.1) is 23.7 Å². The maximum Gasteiger partial charge on any atom is 0.159 e. The van der Waals surface area contributed by atoms with Crippen LogP contribution in [0.2, 0.25) is 0 Å². The molecular weight excluding hydrogens is 300 g/mol. The molecule has 0 aromatic rings. The van der Waals surface area contributed by atoms with Gasteiger partial charge >= 0.3 is 0 Å². The molecule has 2 aliphatic rings. The van der Waals surface area contributed by atoms with Gasteiger partial charge in [-0.1, -0.05) is 37.7 Å². The van der Waals surface area contributed by atoms with Gasteiger partial charge < -0.3 is 14.3 Å². The second kappa shape index (κ2) is 11.4. The summed E-state index contributed by atoms with van der Waals surface area (Å²) in [6.45, 7) is 3.02. The van der Waals surface area contributed by atoms with Crippen LogP contribution in [0.3, 0.4) is 0 Å². The molecule has 24 heavy (non-hydrogen) atoms. The van der Waals surface area contributed by atoms with Crippen molar-refractivity contribution in [2.75, 3.05) is 6.61 Å². The SMILES string of the molecule is CCCCCC(C#C/C=C\C[C@@H]1C[C@H]1CC=O)OC1CCCCO1. The van der Waals surface area contributed by atoms with Crippen LogP contribution in [0.25, 0.3) is 0 Å². The van der Waals surface area contributed by atoms with Gasteiger partial charge in [0.2, 0.25) is 0 Å². The van der Waals surface area contributed by atoms with Crippen LogP contribution in [-0.2, 0) is 14.3 Å². The summed E-state index contributed by atoms with van der Waals surface area (Å²) < 4.78 is 11.7. The van der Waals surface area contributed by atoms with Crippen molar-refractivity contribution >= 4 is 6.29 Å². The van der Waals surface area contributed by atoms with Crippen LogP contribution in [0.5, 0.6) is 0 Å². The Kier molecular flexibility index (Phi) is 9.16. The maximum atomic E-state index is 10.5. The molecule has 1 aliphatic carbocycles. The Morgan fingerprint density at radius 3 is 2.88 bits per heavy atom. The number of hydrogen-bond donors (Lipinski definition) is 0. The van der Waals surface area contributed by atoms with Crippen LogP contribution in [0.15, 0.2) is 12.2 Å². The highest BCUT2D eigenvalue weighted by molar-refractivity contribution is 5.50. The van der Waals surface area contributed by atoms with Gasteiger partial charge in [0.05, 0.1) is 0 Å². The molecule has 2 fully saturated rings. The first-order valence-corrected chi connectivity index (χ1v) is 9.70. The monoisotopic (exact) mass is 332 g/mol. The highest BCUT2D eigenvalue weighted by Crippen LogP contribution is 2.43. The summed E-state index contributed by atoms with van der Waals surface area (Å²) >= 11 is 0. The highest BCUT2D eigenvalue weighted by atomic mass is 16.7. The minimum Gasteiger partial charge on any atom is -0.353 e. The second-order valence-electron chi connectivity index (χ2n) is 7.00. The zero-order valence-corrected chi connectivity index (χ0v) is 15.0. The van der Waals surface area contributed by atoms with Gasteiger partial charge in [-0.25, -0.2) is 0 Å². The Morgan fingerprint density at radius 1 is 1.25 bits per heavy atom. The third-order valence-corrected chi connectivity index (χ3v) is 4.88. The average molecular weight is 332 g/mol. The lowest BCUT2D eigenvalue weighted by molar-refractivity contribution is -0.177. The van der Waals surface area contributed by atoms with Gasteiger partial charge in [-0.05, 0) is 62.9 Å². The molecule has 3 heteroatoms. The Labute approximate surface area is 147 Å². The Morgan fingerprint density at radius 2 is 2.12 bits per heavy atom. The maximum absolute atomic E-state index is 10.5. The Balaban J connectivity index is 1.73. The van der Waals surface area contributed by atoms with E-state index in [1.807, 2.05) is 6.08 Å². The molecule has 4 atom stereocenters. The van der Waals surface area contributed by atoms with Gasteiger partial charge in [0.15, 0.2) is 6.29 Å². The lowest BCUT2D eigenvalue weighted by Crippen LogP contribution is -2.27. The molecule has 2 rings (SSSR count). The summed E-state index contributed by atoms with van der Waals surface area (Å²) in [4.78, 5) is 10.5. The highest BCUT2D eigenvalue weighted by Gasteiger charge is 2.34. The van der Waals surface area contributed by atoms with Gasteiger partial charge in [-0.15, -0.1) is 0 Å². The predicted molar refractivity (Wildman–Crippen MR) is 96.4 cm³/mol. The number of unbranched alkanes of at least 4 members (excludes halogenated alkanes) is 2. The van der Waals surface area contributed by atoms with Crippen LogP contribution in [-0.4, -0.2) is 25.3 Å². The van der Waals surface area contributed by atoms with Crippen molar-refractivity contribution in [3.63, 3.8) is 0 Å². The summed E-state index contributed by atoms with van der Waals surface area (Å²) in [5.41, 5.74) is 0.